The van der Waals surface area contributed by atoms with Gasteiger partial charge in [-0.25, -0.2) is 0 Å². The Morgan fingerprint density at radius 3 is 2.73 bits per heavy atom. The number of carbonyl (C=O) groups is 1. The highest BCUT2D eigenvalue weighted by molar-refractivity contribution is 5.45. The van der Waals surface area contributed by atoms with Crippen LogP contribution < -0.4 is 5.32 Å². The molecule has 0 radical (unpaired) electrons. The average molecular weight is 207 g/mol. The number of ether oxygens (including phenoxy) is 1. The van der Waals surface area contributed by atoms with Gasteiger partial charge in [0, 0.05) is 13.2 Å². The second-order valence-corrected chi connectivity index (χ2v) is 3.32. The molecule has 0 aliphatic heterocycles. The van der Waals surface area contributed by atoms with Gasteiger partial charge in [-0.2, -0.15) is 0 Å². The molecule has 15 heavy (non-hydrogen) atoms. The summed E-state index contributed by atoms with van der Waals surface area (Å²) >= 11 is 0. The molecule has 0 aromatic heterocycles. The van der Waals surface area contributed by atoms with Crippen molar-refractivity contribution in [1.29, 1.82) is 0 Å². The molecular weight excluding hydrogens is 190 g/mol. The topological polar surface area (TPSA) is 38.3 Å². The molecule has 1 aromatic carbocycles. The van der Waals surface area contributed by atoms with Crippen LogP contribution in [-0.4, -0.2) is 19.6 Å². The fraction of sp³-hybridized carbons (Fsp3) is 0.417. The number of hydrogen-bond acceptors (Lipinski definition) is 2. The van der Waals surface area contributed by atoms with E-state index in [-0.39, 0.29) is 0 Å². The van der Waals surface area contributed by atoms with Gasteiger partial charge in [0.2, 0.25) is 6.41 Å². The largest absolute Gasteiger partial charge is 0.377 e. The van der Waals surface area contributed by atoms with E-state index in [9.17, 15) is 4.79 Å². The number of rotatable bonds is 8. The Morgan fingerprint density at radius 2 is 2.00 bits per heavy atom. The molecule has 0 atom stereocenters. The van der Waals surface area contributed by atoms with E-state index in [0.717, 1.165) is 32.4 Å². The van der Waals surface area contributed by atoms with E-state index in [2.05, 4.69) is 5.32 Å². The maximum Gasteiger partial charge on any atom is 0.207 e. The van der Waals surface area contributed by atoms with Gasteiger partial charge >= 0.3 is 0 Å². The van der Waals surface area contributed by atoms with Crippen molar-refractivity contribution >= 4 is 6.41 Å². The second kappa shape index (κ2) is 8.00. The lowest BCUT2D eigenvalue weighted by molar-refractivity contribution is -0.109. The first-order valence-corrected chi connectivity index (χ1v) is 5.22. The third kappa shape index (κ3) is 5.86. The molecule has 0 spiro atoms. The highest BCUT2D eigenvalue weighted by atomic mass is 16.5. The number of benzene rings is 1. The zero-order chi connectivity index (χ0) is 10.8. The van der Waals surface area contributed by atoms with Gasteiger partial charge < -0.3 is 10.1 Å². The van der Waals surface area contributed by atoms with Crippen molar-refractivity contribution in [1.82, 2.24) is 5.32 Å². The van der Waals surface area contributed by atoms with E-state index < -0.39 is 0 Å². The molecule has 0 aliphatic carbocycles. The number of carbonyl (C=O) groups excluding carboxylic acids is 1. The van der Waals surface area contributed by atoms with Crippen LogP contribution in [0.15, 0.2) is 30.3 Å². The van der Waals surface area contributed by atoms with E-state index >= 15 is 0 Å². The molecule has 0 saturated carbocycles. The highest BCUT2D eigenvalue weighted by Gasteiger charge is 1.92. The van der Waals surface area contributed by atoms with Crippen LogP contribution in [0.2, 0.25) is 0 Å². The summed E-state index contributed by atoms with van der Waals surface area (Å²) in [5, 5.41) is 2.62. The van der Waals surface area contributed by atoms with E-state index in [1.165, 1.54) is 5.56 Å². The van der Waals surface area contributed by atoms with Gasteiger partial charge in [-0.15, -0.1) is 0 Å². The molecule has 0 bridgehead atoms. The lowest BCUT2D eigenvalue weighted by atomic mass is 10.2. The standard InChI is InChI=1S/C12H17NO2/c14-11-13-8-4-5-9-15-10-12-6-2-1-3-7-12/h1-3,6-7,11H,4-5,8-10H2,(H,13,14). The molecule has 0 unspecified atom stereocenters. The second-order valence-electron chi connectivity index (χ2n) is 3.32. The van der Waals surface area contributed by atoms with Crippen molar-refractivity contribution in [2.45, 2.75) is 19.4 Å². The summed E-state index contributed by atoms with van der Waals surface area (Å²) < 4.78 is 5.48. The van der Waals surface area contributed by atoms with E-state index in [1.54, 1.807) is 0 Å². The molecule has 0 heterocycles. The van der Waals surface area contributed by atoms with Crippen LogP contribution in [0, 0.1) is 0 Å². The zero-order valence-electron chi connectivity index (χ0n) is 8.82. The van der Waals surface area contributed by atoms with E-state index in [0.29, 0.717) is 6.61 Å². The van der Waals surface area contributed by atoms with Crippen molar-refractivity contribution in [2.75, 3.05) is 13.2 Å². The Kier molecular flexibility index (Phi) is 6.25. The quantitative estimate of drug-likeness (QED) is 0.521. The number of amides is 1. The van der Waals surface area contributed by atoms with Crippen LogP contribution in [-0.2, 0) is 16.1 Å². The molecular formula is C12H17NO2. The number of hydrogen-bond donors (Lipinski definition) is 1. The first kappa shape index (κ1) is 11.7. The summed E-state index contributed by atoms with van der Waals surface area (Å²) in [5.74, 6) is 0. The van der Waals surface area contributed by atoms with Crippen LogP contribution in [0.4, 0.5) is 0 Å². The fourth-order valence-corrected chi connectivity index (χ4v) is 1.25. The fourth-order valence-electron chi connectivity index (χ4n) is 1.25. The first-order chi connectivity index (χ1) is 7.43. The highest BCUT2D eigenvalue weighted by Crippen LogP contribution is 2.01. The summed E-state index contributed by atoms with van der Waals surface area (Å²) in [6.07, 6.45) is 2.67. The minimum Gasteiger partial charge on any atom is -0.377 e. The van der Waals surface area contributed by atoms with Gasteiger partial charge in [-0.1, -0.05) is 30.3 Å². The Balaban J connectivity index is 1.95. The predicted octanol–water partition coefficient (Wildman–Crippen LogP) is 1.73. The molecule has 0 saturated heterocycles. The first-order valence-electron chi connectivity index (χ1n) is 5.22. The summed E-state index contributed by atoms with van der Waals surface area (Å²) in [5.41, 5.74) is 1.20. The van der Waals surface area contributed by atoms with E-state index in [1.807, 2.05) is 30.3 Å². The number of nitrogens with one attached hydrogen (secondary N) is 1. The Hall–Kier alpha value is -1.35. The van der Waals surface area contributed by atoms with Crippen molar-refractivity contribution < 1.29 is 9.53 Å². The summed E-state index contributed by atoms with van der Waals surface area (Å²) in [6, 6.07) is 10.1. The van der Waals surface area contributed by atoms with Crippen LogP contribution in [0.3, 0.4) is 0 Å². The van der Waals surface area contributed by atoms with Gasteiger partial charge in [0.1, 0.15) is 0 Å². The third-order valence-electron chi connectivity index (χ3n) is 2.05. The van der Waals surface area contributed by atoms with Gasteiger partial charge in [-0.05, 0) is 18.4 Å². The minimum absolute atomic E-state index is 0.669. The smallest absolute Gasteiger partial charge is 0.207 e. The maximum absolute atomic E-state index is 9.94. The van der Waals surface area contributed by atoms with Crippen LogP contribution in [0.25, 0.3) is 0 Å². The number of unbranched alkanes of at least 4 members (excludes halogenated alkanes) is 1. The van der Waals surface area contributed by atoms with E-state index in [4.69, 9.17) is 4.74 Å². The molecule has 1 rings (SSSR count). The van der Waals surface area contributed by atoms with Gasteiger partial charge in [-0.3, -0.25) is 4.79 Å². The van der Waals surface area contributed by atoms with Crippen molar-refractivity contribution in [3.8, 4) is 0 Å². The Labute approximate surface area is 90.4 Å². The van der Waals surface area contributed by atoms with Gasteiger partial charge in [0.15, 0.2) is 0 Å². The average Bonchev–Trinajstić information content (AvgIpc) is 2.29. The molecule has 3 heteroatoms. The molecule has 82 valence electrons. The summed E-state index contributed by atoms with van der Waals surface area (Å²) in [6.45, 7) is 2.15. The van der Waals surface area contributed by atoms with Crippen molar-refractivity contribution in [3.05, 3.63) is 35.9 Å². The van der Waals surface area contributed by atoms with Crippen molar-refractivity contribution in [2.24, 2.45) is 0 Å². The van der Waals surface area contributed by atoms with Gasteiger partial charge in [0.25, 0.3) is 0 Å². The SMILES string of the molecule is O=CNCCCCOCc1ccccc1. The van der Waals surface area contributed by atoms with Gasteiger partial charge in [0.05, 0.1) is 6.61 Å². The molecule has 1 N–H and O–H groups in total. The summed E-state index contributed by atoms with van der Waals surface area (Å²) in [7, 11) is 0. The van der Waals surface area contributed by atoms with Crippen molar-refractivity contribution in [3.63, 3.8) is 0 Å². The Morgan fingerprint density at radius 1 is 1.20 bits per heavy atom. The third-order valence-corrected chi connectivity index (χ3v) is 2.05. The predicted molar refractivity (Wildman–Crippen MR) is 59.4 cm³/mol. The lowest BCUT2D eigenvalue weighted by Gasteiger charge is -2.03. The van der Waals surface area contributed by atoms with Crippen LogP contribution in [0.5, 0.6) is 0 Å². The molecule has 1 aromatic rings. The van der Waals surface area contributed by atoms with Crippen LogP contribution >= 0.6 is 0 Å². The van der Waals surface area contributed by atoms with Crippen LogP contribution in [0.1, 0.15) is 18.4 Å². The molecule has 0 fully saturated rings. The monoisotopic (exact) mass is 207 g/mol. The normalized spacial score (nSPS) is 9.87. The molecule has 3 nitrogen and oxygen atoms in total. The Bertz CT molecular complexity index is 262. The molecule has 1 amide bonds. The lowest BCUT2D eigenvalue weighted by Crippen LogP contribution is -2.12. The zero-order valence-corrected chi connectivity index (χ0v) is 8.82. The summed E-state index contributed by atoms with van der Waals surface area (Å²) in [4.78, 5) is 9.94. The minimum atomic E-state index is 0.669. The molecule has 0 aliphatic rings. The maximum atomic E-state index is 9.94.